The number of hydrogen-bond donors (Lipinski definition) is 2. The van der Waals surface area contributed by atoms with Gasteiger partial charge in [-0.3, -0.25) is 14.8 Å². The standard InChI is InChI=1S/C18H18F3N5O3/c19-18(20,21)14-10-26(9-13(29-14)17(28)25-4-1-7-27)12-3-2-11(8-22)15-16(12)24-6-5-23-15/h2-3,5-6,13-14,27H,1,4,7,9-10H2,(H,25,28). The zero-order valence-electron chi connectivity index (χ0n) is 15.2. The third-order valence-corrected chi connectivity index (χ3v) is 4.46. The van der Waals surface area contributed by atoms with E-state index in [-0.39, 0.29) is 42.7 Å². The molecule has 154 valence electrons. The summed E-state index contributed by atoms with van der Waals surface area (Å²) >= 11 is 0. The lowest BCUT2D eigenvalue weighted by atomic mass is 10.1. The van der Waals surface area contributed by atoms with Gasteiger partial charge in [-0.2, -0.15) is 18.4 Å². The van der Waals surface area contributed by atoms with Gasteiger partial charge in [-0.15, -0.1) is 0 Å². The molecule has 0 bridgehead atoms. The number of aromatic nitrogens is 2. The van der Waals surface area contributed by atoms with Crippen molar-refractivity contribution in [2.75, 3.05) is 31.1 Å². The molecule has 1 aliphatic rings. The van der Waals surface area contributed by atoms with E-state index in [0.29, 0.717) is 5.69 Å². The van der Waals surface area contributed by atoms with Crippen molar-refractivity contribution in [3.63, 3.8) is 0 Å². The summed E-state index contributed by atoms with van der Waals surface area (Å²) in [6, 6.07) is 4.93. The van der Waals surface area contributed by atoms with Gasteiger partial charge >= 0.3 is 6.18 Å². The minimum Gasteiger partial charge on any atom is -0.396 e. The van der Waals surface area contributed by atoms with Crippen LogP contribution in [0.15, 0.2) is 24.5 Å². The van der Waals surface area contributed by atoms with Gasteiger partial charge in [-0.05, 0) is 18.6 Å². The minimum atomic E-state index is -4.67. The molecule has 2 heterocycles. The van der Waals surface area contributed by atoms with E-state index >= 15 is 0 Å². The van der Waals surface area contributed by atoms with Crippen molar-refractivity contribution in [1.29, 1.82) is 5.26 Å². The Morgan fingerprint density at radius 2 is 2.03 bits per heavy atom. The highest BCUT2D eigenvalue weighted by Crippen LogP contribution is 2.33. The van der Waals surface area contributed by atoms with Crippen molar-refractivity contribution in [2.45, 2.75) is 24.8 Å². The van der Waals surface area contributed by atoms with Crippen LogP contribution in [0, 0.1) is 11.3 Å². The van der Waals surface area contributed by atoms with Gasteiger partial charge in [0.15, 0.2) is 12.2 Å². The number of hydrogen-bond acceptors (Lipinski definition) is 7. The highest BCUT2D eigenvalue weighted by molar-refractivity contribution is 5.92. The maximum Gasteiger partial charge on any atom is 0.416 e. The molecule has 1 saturated heterocycles. The van der Waals surface area contributed by atoms with Crippen LogP contribution in [0.3, 0.4) is 0 Å². The van der Waals surface area contributed by atoms with Gasteiger partial charge in [-0.25, -0.2) is 0 Å². The molecule has 0 radical (unpaired) electrons. The van der Waals surface area contributed by atoms with E-state index in [9.17, 15) is 23.2 Å². The summed E-state index contributed by atoms with van der Waals surface area (Å²) in [7, 11) is 0. The number of ether oxygens (including phenoxy) is 1. The number of amides is 1. The third-order valence-electron chi connectivity index (χ3n) is 4.46. The lowest BCUT2D eigenvalue weighted by molar-refractivity contribution is -0.234. The molecule has 8 nitrogen and oxygen atoms in total. The zero-order valence-corrected chi connectivity index (χ0v) is 15.2. The fourth-order valence-electron chi connectivity index (χ4n) is 3.07. The van der Waals surface area contributed by atoms with E-state index in [0.717, 1.165) is 0 Å². The van der Waals surface area contributed by atoms with E-state index in [2.05, 4.69) is 15.3 Å². The number of anilines is 1. The number of halogens is 3. The van der Waals surface area contributed by atoms with Crippen LogP contribution in [0.5, 0.6) is 0 Å². The molecule has 29 heavy (non-hydrogen) atoms. The van der Waals surface area contributed by atoms with Crippen molar-refractivity contribution < 1.29 is 27.8 Å². The Balaban J connectivity index is 1.94. The van der Waals surface area contributed by atoms with Gasteiger partial charge in [-0.1, -0.05) is 0 Å². The second-order valence-corrected chi connectivity index (χ2v) is 6.43. The Morgan fingerprint density at radius 3 is 2.69 bits per heavy atom. The van der Waals surface area contributed by atoms with Gasteiger partial charge in [0.05, 0.1) is 24.3 Å². The SMILES string of the molecule is N#Cc1ccc(N2CC(C(=O)NCCCO)OC(C(F)(F)F)C2)c2nccnc12. The molecule has 2 aromatic rings. The van der Waals surface area contributed by atoms with Crippen LogP contribution in [-0.4, -0.2) is 65.6 Å². The van der Waals surface area contributed by atoms with E-state index in [1.54, 1.807) is 0 Å². The number of nitrogens with zero attached hydrogens (tertiary/aromatic N) is 4. The highest BCUT2D eigenvalue weighted by atomic mass is 19.4. The molecule has 2 atom stereocenters. The Labute approximate surface area is 163 Å². The first-order valence-electron chi connectivity index (χ1n) is 8.84. The van der Waals surface area contributed by atoms with Crippen LogP contribution in [0.1, 0.15) is 12.0 Å². The van der Waals surface area contributed by atoms with E-state index in [1.807, 2.05) is 6.07 Å². The summed E-state index contributed by atoms with van der Waals surface area (Å²) in [5, 5.41) is 20.5. The number of aliphatic hydroxyl groups is 1. The molecule has 0 saturated carbocycles. The van der Waals surface area contributed by atoms with Crippen molar-refractivity contribution >= 4 is 22.6 Å². The fourth-order valence-corrected chi connectivity index (χ4v) is 3.07. The quantitative estimate of drug-likeness (QED) is 0.713. The summed E-state index contributed by atoms with van der Waals surface area (Å²) in [6.07, 6.45) is -5.16. The number of fused-ring (bicyclic) bond motifs is 1. The second-order valence-electron chi connectivity index (χ2n) is 6.43. The van der Waals surface area contributed by atoms with Gasteiger partial charge in [0.25, 0.3) is 5.91 Å². The summed E-state index contributed by atoms with van der Waals surface area (Å²) in [5.41, 5.74) is 1.12. The Morgan fingerprint density at radius 1 is 1.31 bits per heavy atom. The average molecular weight is 409 g/mol. The molecule has 0 spiro atoms. The molecule has 2 unspecified atom stereocenters. The Kier molecular flexibility index (Phi) is 6.14. The predicted octanol–water partition coefficient (Wildman–Crippen LogP) is 1.14. The van der Waals surface area contributed by atoms with Gasteiger partial charge in [0.2, 0.25) is 0 Å². The lowest BCUT2D eigenvalue weighted by Gasteiger charge is -2.39. The largest absolute Gasteiger partial charge is 0.416 e. The van der Waals surface area contributed by atoms with Crippen LogP contribution in [0.2, 0.25) is 0 Å². The maximum absolute atomic E-state index is 13.4. The molecule has 1 fully saturated rings. The van der Waals surface area contributed by atoms with Crippen LogP contribution in [0.25, 0.3) is 11.0 Å². The predicted molar refractivity (Wildman–Crippen MR) is 95.9 cm³/mol. The molecule has 0 aliphatic carbocycles. The number of aliphatic hydroxyl groups excluding tert-OH is 1. The van der Waals surface area contributed by atoms with Crippen LogP contribution < -0.4 is 10.2 Å². The summed E-state index contributed by atoms with van der Waals surface area (Å²) in [5.74, 6) is -0.693. The summed E-state index contributed by atoms with van der Waals surface area (Å²) < 4.78 is 45.3. The second kappa shape index (κ2) is 8.59. The number of morpholine rings is 1. The number of benzene rings is 1. The van der Waals surface area contributed by atoms with E-state index in [1.165, 1.54) is 29.4 Å². The monoisotopic (exact) mass is 409 g/mol. The van der Waals surface area contributed by atoms with E-state index < -0.39 is 30.8 Å². The first kappa shape index (κ1) is 20.8. The molecule has 1 aromatic carbocycles. The molecule has 1 aromatic heterocycles. The molecular formula is C18H18F3N5O3. The van der Waals surface area contributed by atoms with Crippen molar-refractivity contribution in [3.05, 3.63) is 30.1 Å². The fraction of sp³-hybridized carbons (Fsp3) is 0.444. The van der Waals surface area contributed by atoms with Crippen molar-refractivity contribution in [2.24, 2.45) is 0 Å². The first-order chi connectivity index (χ1) is 13.8. The number of carbonyl (C=O) groups is 1. The third kappa shape index (κ3) is 4.55. The van der Waals surface area contributed by atoms with Gasteiger partial charge < -0.3 is 20.1 Å². The molecular weight excluding hydrogens is 391 g/mol. The minimum absolute atomic E-state index is 0.122. The molecule has 3 rings (SSSR count). The van der Waals surface area contributed by atoms with Crippen molar-refractivity contribution in [3.8, 4) is 6.07 Å². The maximum atomic E-state index is 13.4. The molecule has 11 heteroatoms. The topological polar surface area (TPSA) is 111 Å². The number of nitriles is 1. The molecule has 1 amide bonds. The Bertz CT molecular complexity index is 931. The van der Waals surface area contributed by atoms with Crippen LogP contribution in [0.4, 0.5) is 18.9 Å². The van der Waals surface area contributed by atoms with Gasteiger partial charge in [0.1, 0.15) is 17.1 Å². The van der Waals surface area contributed by atoms with Gasteiger partial charge in [0, 0.05) is 25.5 Å². The van der Waals surface area contributed by atoms with Crippen molar-refractivity contribution in [1.82, 2.24) is 15.3 Å². The average Bonchev–Trinajstić information content (AvgIpc) is 2.72. The van der Waals surface area contributed by atoms with Crippen LogP contribution in [-0.2, 0) is 9.53 Å². The lowest BCUT2D eigenvalue weighted by Crippen LogP contribution is -2.57. The highest BCUT2D eigenvalue weighted by Gasteiger charge is 2.47. The first-order valence-corrected chi connectivity index (χ1v) is 8.84. The molecule has 1 aliphatic heterocycles. The zero-order chi connectivity index (χ0) is 21.0. The number of rotatable bonds is 5. The Hall–Kier alpha value is -2.97. The summed E-state index contributed by atoms with van der Waals surface area (Å²) in [4.78, 5) is 22.0. The number of carbonyl (C=O) groups excluding carboxylic acids is 1. The smallest absolute Gasteiger partial charge is 0.396 e. The number of alkyl halides is 3. The normalized spacial score (nSPS) is 19.8. The van der Waals surface area contributed by atoms with Crippen LogP contribution >= 0.6 is 0 Å². The summed E-state index contributed by atoms with van der Waals surface area (Å²) in [6.45, 7) is -0.688. The molecule has 2 N–H and O–H groups in total. The number of nitrogens with one attached hydrogen (secondary N) is 1. The van der Waals surface area contributed by atoms with E-state index in [4.69, 9.17) is 9.84 Å².